The number of carbonyl (C=O) groups excluding carboxylic acids is 1. The second-order valence-electron chi connectivity index (χ2n) is 6.67. The van der Waals surface area contributed by atoms with Gasteiger partial charge in [-0.05, 0) is 62.1 Å². The van der Waals surface area contributed by atoms with E-state index in [9.17, 15) is 10.1 Å². The molecule has 1 amide bonds. The van der Waals surface area contributed by atoms with Gasteiger partial charge in [-0.25, -0.2) is 0 Å². The Balaban J connectivity index is 2.14. The maximum atomic E-state index is 12.6. The first-order valence-corrected chi connectivity index (χ1v) is 9.18. The summed E-state index contributed by atoms with van der Waals surface area (Å²) >= 11 is 0. The fourth-order valence-corrected chi connectivity index (χ4v) is 2.87. The molecule has 0 atom stereocenters. The molecule has 2 aromatic rings. The second-order valence-corrected chi connectivity index (χ2v) is 6.67. The van der Waals surface area contributed by atoms with Gasteiger partial charge in [-0.3, -0.25) is 4.79 Å². The minimum atomic E-state index is -0.407. The number of anilines is 1. The Morgan fingerprint density at radius 1 is 1.15 bits per heavy atom. The number of aryl methyl sites for hydroxylation is 3. The Labute approximate surface area is 161 Å². The highest BCUT2D eigenvalue weighted by atomic mass is 16.5. The van der Waals surface area contributed by atoms with E-state index in [-0.39, 0.29) is 5.57 Å². The van der Waals surface area contributed by atoms with Crippen LogP contribution in [0.4, 0.5) is 5.69 Å². The van der Waals surface area contributed by atoms with Gasteiger partial charge in [0.05, 0.1) is 6.61 Å². The van der Waals surface area contributed by atoms with Crippen molar-refractivity contribution < 1.29 is 9.53 Å². The van der Waals surface area contributed by atoms with Gasteiger partial charge in [0, 0.05) is 5.69 Å². The quantitative estimate of drug-likeness (QED) is 0.411. The van der Waals surface area contributed by atoms with Crippen LogP contribution >= 0.6 is 0 Å². The van der Waals surface area contributed by atoms with Crippen molar-refractivity contribution in [2.24, 2.45) is 0 Å². The molecular formula is C23H26N2O2. The number of hydrogen-bond donors (Lipinski definition) is 1. The van der Waals surface area contributed by atoms with Gasteiger partial charge in [-0.2, -0.15) is 5.26 Å². The van der Waals surface area contributed by atoms with Gasteiger partial charge in [0.1, 0.15) is 17.4 Å². The standard InChI is InChI=1S/C23H26N2O2/c1-5-6-11-27-21-9-7-19(8-10-21)14-20(15-24)23(26)25-22-17(3)12-16(2)13-18(22)4/h7-10,12-14H,5-6,11H2,1-4H3,(H,25,26)/b20-14+. The van der Waals surface area contributed by atoms with Crippen molar-refractivity contribution in [1.29, 1.82) is 5.26 Å². The van der Waals surface area contributed by atoms with Crippen molar-refractivity contribution in [3.8, 4) is 11.8 Å². The number of rotatable bonds is 7. The molecule has 0 unspecified atom stereocenters. The molecule has 0 aliphatic heterocycles. The van der Waals surface area contributed by atoms with Crippen LogP contribution in [0.25, 0.3) is 6.08 Å². The van der Waals surface area contributed by atoms with E-state index in [4.69, 9.17) is 4.74 Å². The van der Waals surface area contributed by atoms with Gasteiger partial charge in [0.15, 0.2) is 0 Å². The SMILES string of the molecule is CCCCOc1ccc(/C=C(\C#N)C(=O)Nc2c(C)cc(C)cc2C)cc1. The summed E-state index contributed by atoms with van der Waals surface area (Å²) in [5.41, 5.74) is 4.70. The Kier molecular flexibility index (Phi) is 7.19. The van der Waals surface area contributed by atoms with Crippen LogP contribution in [0.15, 0.2) is 42.0 Å². The lowest BCUT2D eigenvalue weighted by Crippen LogP contribution is -2.15. The Bertz CT molecular complexity index is 851. The van der Waals surface area contributed by atoms with Gasteiger partial charge in [-0.15, -0.1) is 0 Å². The van der Waals surface area contributed by atoms with E-state index in [0.717, 1.165) is 46.5 Å². The first-order valence-electron chi connectivity index (χ1n) is 9.18. The molecule has 0 aliphatic carbocycles. The molecule has 0 spiro atoms. The average Bonchev–Trinajstić information content (AvgIpc) is 2.64. The number of nitrogens with zero attached hydrogens (tertiary/aromatic N) is 1. The van der Waals surface area contributed by atoms with Crippen molar-refractivity contribution in [2.45, 2.75) is 40.5 Å². The van der Waals surface area contributed by atoms with Crippen molar-refractivity contribution in [1.82, 2.24) is 0 Å². The highest BCUT2D eigenvalue weighted by molar-refractivity contribution is 6.10. The van der Waals surface area contributed by atoms with Crippen LogP contribution in [-0.4, -0.2) is 12.5 Å². The summed E-state index contributed by atoms with van der Waals surface area (Å²) in [7, 11) is 0. The van der Waals surface area contributed by atoms with Crippen molar-refractivity contribution in [3.63, 3.8) is 0 Å². The predicted molar refractivity (Wildman–Crippen MR) is 110 cm³/mol. The zero-order valence-electron chi connectivity index (χ0n) is 16.4. The van der Waals surface area contributed by atoms with Crippen LogP contribution in [0.3, 0.4) is 0 Å². The molecule has 0 aromatic heterocycles. The lowest BCUT2D eigenvalue weighted by Gasteiger charge is -2.12. The molecular weight excluding hydrogens is 336 g/mol. The van der Waals surface area contributed by atoms with Crippen LogP contribution in [0.1, 0.15) is 42.0 Å². The van der Waals surface area contributed by atoms with Crippen LogP contribution in [0.5, 0.6) is 5.75 Å². The largest absolute Gasteiger partial charge is 0.494 e. The van der Waals surface area contributed by atoms with Crippen molar-refractivity contribution in [2.75, 3.05) is 11.9 Å². The number of benzene rings is 2. The summed E-state index contributed by atoms with van der Waals surface area (Å²) in [6.07, 6.45) is 3.68. The van der Waals surface area contributed by atoms with E-state index in [1.807, 2.05) is 63.2 Å². The molecule has 2 aromatic carbocycles. The third kappa shape index (κ3) is 5.72. The molecule has 0 radical (unpaired) electrons. The molecule has 4 heteroatoms. The molecule has 0 heterocycles. The fraction of sp³-hybridized carbons (Fsp3) is 0.304. The third-order valence-electron chi connectivity index (χ3n) is 4.24. The molecule has 0 saturated heterocycles. The van der Waals surface area contributed by atoms with Crippen molar-refractivity contribution in [3.05, 3.63) is 64.2 Å². The van der Waals surface area contributed by atoms with E-state index >= 15 is 0 Å². The monoisotopic (exact) mass is 362 g/mol. The first kappa shape index (κ1) is 20.3. The molecule has 1 N–H and O–H groups in total. The van der Waals surface area contributed by atoms with Gasteiger partial charge < -0.3 is 10.1 Å². The average molecular weight is 362 g/mol. The lowest BCUT2D eigenvalue weighted by atomic mass is 10.0. The number of ether oxygens (including phenoxy) is 1. The van der Waals surface area contributed by atoms with Crippen LogP contribution in [0.2, 0.25) is 0 Å². The summed E-state index contributed by atoms with van der Waals surface area (Å²) in [4.78, 5) is 12.6. The minimum Gasteiger partial charge on any atom is -0.494 e. The smallest absolute Gasteiger partial charge is 0.266 e. The van der Waals surface area contributed by atoms with Gasteiger partial charge in [0.2, 0.25) is 0 Å². The molecule has 0 saturated carbocycles. The van der Waals surface area contributed by atoms with E-state index in [2.05, 4.69) is 12.2 Å². The van der Waals surface area contributed by atoms with Crippen LogP contribution < -0.4 is 10.1 Å². The lowest BCUT2D eigenvalue weighted by molar-refractivity contribution is -0.112. The normalized spacial score (nSPS) is 11.0. The number of carbonyl (C=O) groups is 1. The first-order chi connectivity index (χ1) is 12.9. The topological polar surface area (TPSA) is 62.1 Å². The molecule has 140 valence electrons. The van der Waals surface area contributed by atoms with E-state index < -0.39 is 5.91 Å². The molecule has 2 rings (SSSR count). The van der Waals surface area contributed by atoms with Gasteiger partial charge >= 0.3 is 0 Å². The third-order valence-corrected chi connectivity index (χ3v) is 4.24. The summed E-state index contributed by atoms with van der Waals surface area (Å²) in [5.74, 6) is 0.380. The Morgan fingerprint density at radius 3 is 2.33 bits per heavy atom. The number of hydrogen-bond acceptors (Lipinski definition) is 3. The summed E-state index contributed by atoms with van der Waals surface area (Å²) in [6, 6.07) is 13.4. The van der Waals surface area contributed by atoms with Gasteiger partial charge in [0.25, 0.3) is 5.91 Å². The molecule has 27 heavy (non-hydrogen) atoms. The number of amides is 1. The summed E-state index contributed by atoms with van der Waals surface area (Å²) in [5, 5.41) is 12.3. The van der Waals surface area contributed by atoms with E-state index in [0.29, 0.717) is 6.61 Å². The minimum absolute atomic E-state index is 0.0639. The van der Waals surface area contributed by atoms with E-state index in [1.165, 1.54) is 0 Å². The maximum absolute atomic E-state index is 12.6. The highest BCUT2D eigenvalue weighted by Gasteiger charge is 2.13. The molecule has 0 fully saturated rings. The molecule has 4 nitrogen and oxygen atoms in total. The highest BCUT2D eigenvalue weighted by Crippen LogP contribution is 2.23. The van der Waals surface area contributed by atoms with Crippen LogP contribution in [-0.2, 0) is 4.79 Å². The Hall–Kier alpha value is -3.06. The summed E-state index contributed by atoms with van der Waals surface area (Å²) in [6.45, 7) is 8.71. The molecule has 0 aliphatic rings. The number of nitrogens with one attached hydrogen (secondary N) is 1. The molecule has 0 bridgehead atoms. The number of nitriles is 1. The summed E-state index contributed by atoms with van der Waals surface area (Å²) < 4.78 is 5.63. The second kappa shape index (κ2) is 9.59. The van der Waals surface area contributed by atoms with Gasteiger partial charge in [-0.1, -0.05) is 43.2 Å². The number of unbranched alkanes of at least 4 members (excludes halogenated alkanes) is 1. The zero-order chi connectivity index (χ0) is 19.8. The fourth-order valence-electron chi connectivity index (χ4n) is 2.87. The predicted octanol–water partition coefficient (Wildman–Crippen LogP) is 5.34. The van der Waals surface area contributed by atoms with E-state index in [1.54, 1.807) is 6.08 Å². The Morgan fingerprint density at radius 2 is 1.78 bits per heavy atom. The van der Waals surface area contributed by atoms with Crippen molar-refractivity contribution >= 4 is 17.7 Å². The maximum Gasteiger partial charge on any atom is 0.266 e. The zero-order valence-corrected chi connectivity index (χ0v) is 16.4. The van der Waals surface area contributed by atoms with Crippen LogP contribution in [0, 0.1) is 32.1 Å².